The van der Waals surface area contributed by atoms with Crippen LogP contribution in [-0.2, 0) is 0 Å². The van der Waals surface area contributed by atoms with Crippen LogP contribution in [0.4, 0.5) is 11.4 Å². The molecule has 1 aliphatic rings. The van der Waals surface area contributed by atoms with Crippen molar-refractivity contribution in [1.29, 1.82) is 0 Å². The molecule has 5 nitrogen and oxygen atoms in total. The fourth-order valence-electron chi connectivity index (χ4n) is 2.67. The van der Waals surface area contributed by atoms with Crippen LogP contribution in [0.1, 0.15) is 29.6 Å². The van der Waals surface area contributed by atoms with E-state index in [9.17, 15) is 4.79 Å². The molecule has 1 aromatic carbocycles. The zero-order valence-electron chi connectivity index (χ0n) is 13.1. The van der Waals surface area contributed by atoms with E-state index < -0.39 is 0 Å². The van der Waals surface area contributed by atoms with E-state index in [1.54, 1.807) is 31.1 Å². The standard InChI is InChI=1S/C16H26N4O/c1-19(2)16(21)14-7-6-13(17)12-15(14)18-8-11-20-9-4-3-5-10-20/h6-7,12,18H,3-5,8-11,17H2,1-2H3. The average molecular weight is 290 g/mol. The van der Waals surface area contributed by atoms with Gasteiger partial charge in [0.1, 0.15) is 0 Å². The molecule has 0 radical (unpaired) electrons. The van der Waals surface area contributed by atoms with Gasteiger partial charge >= 0.3 is 0 Å². The quantitative estimate of drug-likeness (QED) is 0.813. The summed E-state index contributed by atoms with van der Waals surface area (Å²) in [5.41, 5.74) is 8.01. The summed E-state index contributed by atoms with van der Waals surface area (Å²) in [6.07, 6.45) is 3.94. The minimum atomic E-state index is -0.00419. The molecule has 116 valence electrons. The summed E-state index contributed by atoms with van der Waals surface area (Å²) in [6.45, 7) is 4.20. The topological polar surface area (TPSA) is 61.6 Å². The van der Waals surface area contributed by atoms with Gasteiger partial charge in [0.25, 0.3) is 5.91 Å². The number of hydrogen-bond acceptors (Lipinski definition) is 4. The van der Waals surface area contributed by atoms with Gasteiger partial charge in [-0.1, -0.05) is 6.42 Å². The van der Waals surface area contributed by atoms with Crippen LogP contribution < -0.4 is 11.1 Å². The van der Waals surface area contributed by atoms with Crippen molar-refractivity contribution in [2.24, 2.45) is 0 Å². The normalized spacial score (nSPS) is 15.7. The second-order valence-electron chi connectivity index (χ2n) is 5.83. The van der Waals surface area contributed by atoms with Crippen molar-refractivity contribution in [2.45, 2.75) is 19.3 Å². The van der Waals surface area contributed by atoms with Crippen molar-refractivity contribution in [3.05, 3.63) is 23.8 Å². The number of amides is 1. The fraction of sp³-hybridized carbons (Fsp3) is 0.562. The smallest absolute Gasteiger partial charge is 0.255 e. The number of anilines is 2. The first kappa shape index (κ1) is 15.6. The number of nitrogen functional groups attached to an aromatic ring is 1. The number of piperidine rings is 1. The second kappa shape index (κ2) is 7.31. The van der Waals surface area contributed by atoms with E-state index >= 15 is 0 Å². The zero-order chi connectivity index (χ0) is 15.2. The minimum absolute atomic E-state index is 0.00419. The summed E-state index contributed by atoms with van der Waals surface area (Å²) < 4.78 is 0. The molecule has 1 saturated heterocycles. The van der Waals surface area contributed by atoms with E-state index in [0.29, 0.717) is 11.3 Å². The number of nitrogens with zero attached hydrogens (tertiary/aromatic N) is 2. The highest BCUT2D eigenvalue weighted by atomic mass is 16.2. The number of nitrogens with two attached hydrogens (primary N) is 1. The maximum atomic E-state index is 12.2. The van der Waals surface area contributed by atoms with Crippen LogP contribution in [0.3, 0.4) is 0 Å². The molecule has 0 aromatic heterocycles. The van der Waals surface area contributed by atoms with Crippen molar-refractivity contribution in [3.63, 3.8) is 0 Å². The maximum Gasteiger partial charge on any atom is 0.255 e. The molecule has 1 aliphatic heterocycles. The lowest BCUT2D eigenvalue weighted by Crippen LogP contribution is -2.34. The third-order valence-electron chi connectivity index (χ3n) is 3.87. The summed E-state index contributed by atoms with van der Waals surface area (Å²) in [4.78, 5) is 16.2. The van der Waals surface area contributed by atoms with Gasteiger partial charge in [0.2, 0.25) is 0 Å². The average Bonchev–Trinajstić information content (AvgIpc) is 2.48. The van der Waals surface area contributed by atoms with Crippen LogP contribution in [0.2, 0.25) is 0 Å². The molecule has 1 heterocycles. The molecule has 21 heavy (non-hydrogen) atoms. The molecule has 2 rings (SSSR count). The van der Waals surface area contributed by atoms with Crippen molar-refractivity contribution < 1.29 is 4.79 Å². The summed E-state index contributed by atoms with van der Waals surface area (Å²) in [5.74, 6) is -0.00419. The summed E-state index contributed by atoms with van der Waals surface area (Å²) >= 11 is 0. The zero-order valence-corrected chi connectivity index (χ0v) is 13.1. The molecular formula is C16H26N4O. The van der Waals surface area contributed by atoms with Gasteiger partial charge in [0.05, 0.1) is 5.56 Å². The van der Waals surface area contributed by atoms with Crippen LogP contribution in [0.15, 0.2) is 18.2 Å². The van der Waals surface area contributed by atoms with Crippen molar-refractivity contribution in [2.75, 3.05) is 51.3 Å². The monoisotopic (exact) mass is 290 g/mol. The lowest BCUT2D eigenvalue weighted by atomic mass is 10.1. The number of nitrogens with one attached hydrogen (secondary N) is 1. The predicted octanol–water partition coefficient (Wildman–Crippen LogP) is 1.87. The van der Waals surface area contributed by atoms with Gasteiger partial charge in [-0.2, -0.15) is 0 Å². The van der Waals surface area contributed by atoms with Crippen LogP contribution in [0.5, 0.6) is 0 Å². The Hall–Kier alpha value is -1.75. The molecule has 0 aliphatic carbocycles. The Morgan fingerprint density at radius 1 is 1.29 bits per heavy atom. The summed E-state index contributed by atoms with van der Waals surface area (Å²) in [7, 11) is 3.52. The molecule has 0 spiro atoms. The summed E-state index contributed by atoms with van der Waals surface area (Å²) in [6, 6.07) is 5.40. The number of likely N-dealkylation sites (tertiary alicyclic amines) is 1. The maximum absolute atomic E-state index is 12.2. The van der Waals surface area contributed by atoms with E-state index in [1.807, 2.05) is 6.07 Å². The molecular weight excluding hydrogens is 264 g/mol. The SMILES string of the molecule is CN(C)C(=O)c1ccc(N)cc1NCCN1CCCCC1. The van der Waals surface area contributed by atoms with Crippen LogP contribution in [0.25, 0.3) is 0 Å². The molecule has 5 heteroatoms. The molecule has 0 unspecified atom stereocenters. The molecule has 0 atom stereocenters. The number of carbonyl (C=O) groups is 1. The highest BCUT2D eigenvalue weighted by Gasteiger charge is 2.14. The predicted molar refractivity (Wildman–Crippen MR) is 87.7 cm³/mol. The Labute approximate surface area is 127 Å². The van der Waals surface area contributed by atoms with Crippen molar-refractivity contribution in [3.8, 4) is 0 Å². The first-order chi connectivity index (χ1) is 10.1. The molecule has 0 saturated carbocycles. The Bertz CT molecular complexity index is 481. The second-order valence-corrected chi connectivity index (χ2v) is 5.83. The van der Waals surface area contributed by atoms with Gasteiger partial charge in [0, 0.05) is 38.6 Å². The third kappa shape index (κ3) is 4.36. The minimum Gasteiger partial charge on any atom is -0.399 e. The van der Waals surface area contributed by atoms with E-state index in [0.717, 1.165) is 18.8 Å². The highest BCUT2D eigenvalue weighted by Crippen LogP contribution is 2.20. The number of benzene rings is 1. The van der Waals surface area contributed by atoms with Gasteiger partial charge in [-0.25, -0.2) is 0 Å². The Morgan fingerprint density at radius 3 is 2.67 bits per heavy atom. The third-order valence-corrected chi connectivity index (χ3v) is 3.87. The highest BCUT2D eigenvalue weighted by molar-refractivity contribution is 5.99. The van der Waals surface area contributed by atoms with Crippen LogP contribution in [0, 0.1) is 0 Å². The number of rotatable bonds is 5. The van der Waals surface area contributed by atoms with Gasteiger partial charge in [-0.3, -0.25) is 4.79 Å². The number of hydrogen-bond donors (Lipinski definition) is 2. The lowest BCUT2D eigenvalue weighted by molar-refractivity contribution is 0.0828. The molecule has 1 aromatic rings. The van der Waals surface area contributed by atoms with Crippen LogP contribution >= 0.6 is 0 Å². The first-order valence-corrected chi connectivity index (χ1v) is 7.65. The Kier molecular flexibility index (Phi) is 5.44. The Morgan fingerprint density at radius 2 is 2.00 bits per heavy atom. The number of carbonyl (C=O) groups excluding carboxylic acids is 1. The van der Waals surface area contributed by atoms with E-state index in [4.69, 9.17) is 5.73 Å². The van der Waals surface area contributed by atoms with Crippen molar-refractivity contribution >= 4 is 17.3 Å². The molecule has 3 N–H and O–H groups in total. The lowest BCUT2D eigenvalue weighted by Gasteiger charge is -2.26. The molecule has 1 amide bonds. The molecule has 0 bridgehead atoms. The molecule has 1 fully saturated rings. The van der Waals surface area contributed by atoms with E-state index in [-0.39, 0.29) is 5.91 Å². The van der Waals surface area contributed by atoms with Gasteiger partial charge in [-0.05, 0) is 44.1 Å². The Balaban J connectivity index is 1.97. The van der Waals surface area contributed by atoms with Gasteiger partial charge in [0.15, 0.2) is 0 Å². The first-order valence-electron chi connectivity index (χ1n) is 7.65. The van der Waals surface area contributed by atoms with E-state index in [2.05, 4.69) is 10.2 Å². The van der Waals surface area contributed by atoms with E-state index in [1.165, 1.54) is 32.4 Å². The van der Waals surface area contributed by atoms with Gasteiger partial charge < -0.3 is 20.9 Å². The van der Waals surface area contributed by atoms with Gasteiger partial charge in [-0.15, -0.1) is 0 Å². The van der Waals surface area contributed by atoms with Crippen molar-refractivity contribution in [1.82, 2.24) is 9.80 Å². The van der Waals surface area contributed by atoms with Crippen LogP contribution in [-0.4, -0.2) is 56.0 Å². The summed E-state index contributed by atoms with van der Waals surface area (Å²) in [5, 5.41) is 3.37. The largest absolute Gasteiger partial charge is 0.399 e. The fourth-order valence-corrected chi connectivity index (χ4v) is 2.67.